The molecule has 0 unspecified atom stereocenters. The molecule has 0 bridgehead atoms. The molecule has 2 heterocycles. The van der Waals surface area contributed by atoms with Crippen LogP contribution in [0.2, 0.25) is 0 Å². The lowest BCUT2D eigenvalue weighted by Gasteiger charge is -2.32. The van der Waals surface area contributed by atoms with Crippen molar-refractivity contribution in [2.75, 3.05) is 56.2 Å². The van der Waals surface area contributed by atoms with Crippen molar-refractivity contribution < 1.29 is 14.3 Å². The van der Waals surface area contributed by atoms with Gasteiger partial charge in [-0.25, -0.2) is 0 Å². The Labute approximate surface area is 183 Å². The third-order valence-electron chi connectivity index (χ3n) is 5.86. The normalized spacial score (nSPS) is 17.9. The second-order valence-corrected chi connectivity index (χ2v) is 8.05. The smallest absolute Gasteiger partial charge is 0.251 e. The number of amides is 2. The molecular weight excluding hydrogens is 392 g/mol. The summed E-state index contributed by atoms with van der Waals surface area (Å²) in [6, 6.07) is 17.4. The van der Waals surface area contributed by atoms with Gasteiger partial charge in [-0.2, -0.15) is 0 Å². The van der Waals surface area contributed by atoms with Crippen LogP contribution in [0.3, 0.4) is 0 Å². The van der Waals surface area contributed by atoms with E-state index in [1.807, 2.05) is 54.6 Å². The number of benzene rings is 2. The SMILES string of the molecule is O=C(CN1CCC(NC(=O)c2ccccc2)CC1)Nc1ccccc1N1CCOCC1. The molecule has 2 amide bonds. The average Bonchev–Trinajstić information content (AvgIpc) is 2.82. The molecule has 0 saturated carbocycles. The number of carbonyl (C=O) groups excluding carboxylic acids is 2. The standard InChI is InChI=1S/C24H30N4O3/c29-23(26-21-8-4-5-9-22(21)28-14-16-31-17-15-28)18-27-12-10-20(11-13-27)25-24(30)19-6-2-1-3-7-19/h1-9,20H,10-18H2,(H,25,30)(H,26,29). The number of morpholine rings is 1. The van der Waals surface area contributed by atoms with Crippen molar-refractivity contribution in [1.82, 2.24) is 10.2 Å². The minimum Gasteiger partial charge on any atom is -0.378 e. The van der Waals surface area contributed by atoms with E-state index in [1.54, 1.807) is 0 Å². The Bertz CT molecular complexity index is 875. The predicted molar refractivity (Wildman–Crippen MR) is 121 cm³/mol. The predicted octanol–water partition coefficient (Wildman–Crippen LogP) is 2.36. The van der Waals surface area contributed by atoms with Crippen molar-refractivity contribution >= 4 is 23.2 Å². The number of piperidine rings is 1. The van der Waals surface area contributed by atoms with Crippen LogP contribution in [0.5, 0.6) is 0 Å². The maximum absolute atomic E-state index is 12.7. The van der Waals surface area contributed by atoms with Crippen LogP contribution in [-0.2, 0) is 9.53 Å². The number of carbonyl (C=O) groups is 2. The molecule has 7 nitrogen and oxygen atoms in total. The summed E-state index contributed by atoms with van der Waals surface area (Å²) in [5.74, 6) is -0.0380. The van der Waals surface area contributed by atoms with Gasteiger partial charge in [-0.1, -0.05) is 30.3 Å². The Morgan fingerprint density at radius 1 is 0.903 bits per heavy atom. The van der Waals surface area contributed by atoms with Gasteiger partial charge in [0.2, 0.25) is 5.91 Å². The number of ether oxygens (including phenoxy) is 1. The van der Waals surface area contributed by atoms with Gasteiger partial charge in [0.1, 0.15) is 0 Å². The van der Waals surface area contributed by atoms with Gasteiger partial charge in [0.05, 0.1) is 31.1 Å². The Kier molecular flexibility index (Phi) is 7.17. The molecular formula is C24H30N4O3. The molecule has 0 atom stereocenters. The number of nitrogens with one attached hydrogen (secondary N) is 2. The molecule has 31 heavy (non-hydrogen) atoms. The van der Waals surface area contributed by atoms with E-state index in [0.717, 1.165) is 50.4 Å². The monoisotopic (exact) mass is 422 g/mol. The topological polar surface area (TPSA) is 73.9 Å². The summed E-state index contributed by atoms with van der Waals surface area (Å²) in [4.78, 5) is 29.4. The molecule has 2 N–H and O–H groups in total. The van der Waals surface area contributed by atoms with E-state index < -0.39 is 0 Å². The van der Waals surface area contributed by atoms with Crippen molar-refractivity contribution in [3.63, 3.8) is 0 Å². The number of para-hydroxylation sites is 2. The molecule has 0 radical (unpaired) electrons. The van der Waals surface area contributed by atoms with Gasteiger partial charge in [0, 0.05) is 37.8 Å². The summed E-state index contributed by atoms with van der Waals surface area (Å²) >= 11 is 0. The molecule has 0 aliphatic carbocycles. The van der Waals surface area contributed by atoms with Crippen LogP contribution in [0.4, 0.5) is 11.4 Å². The molecule has 2 fully saturated rings. The van der Waals surface area contributed by atoms with Gasteiger partial charge in [-0.05, 0) is 37.1 Å². The largest absolute Gasteiger partial charge is 0.378 e. The molecule has 164 valence electrons. The fourth-order valence-corrected chi connectivity index (χ4v) is 4.15. The summed E-state index contributed by atoms with van der Waals surface area (Å²) < 4.78 is 5.44. The molecule has 7 heteroatoms. The van der Waals surface area contributed by atoms with Crippen molar-refractivity contribution in [3.05, 3.63) is 60.2 Å². The fraction of sp³-hybridized carbons (Fsp3) is 0.417. The molecule has 2 aromatic rings. The molecule has 0 spiro atoms. The Balaban J connectivity index is 1.25. The minimum atomic E-state index is -0.0310. The zero-order valence-electron chi connectivity index (χ0n) is 17.8. The highest BCUT2D eigenvalue weighted by Gasteiger charge is 2.23. The number of rotatable bonds is 6. The van der Waals surface area contributed by atoms with Crippen LogP contribution in [0.25, 0.3) is 0 Å². The van der Waals surface area contributed by atoms with Crippen LogP contribution in [0.15, 0.2) is 54.6 Å². The first-order valence-electron chi connectivity index (χ1n) is 11.0. The molecule has 2 aliphatic rings. The first-order valence-corrected chi connectivity index (χ1v) is 11.0. The van der Waals surface area contributed by atoms with Crippen LogP contribution in [0, 0.1) is 0 Å². The highest BCUT2D eigenvalue weighted by atomic mass is 16.5. The lowest BCUT2D eigenvalue weighted by Crippen LogP contribution is -2.46. The summed E-state index contributed by atoms with van der Waals surface area (Å²) in [7, 11) is 0. The third-order valence-corrected chi connectivity index (χ3v) is 5.86. The Hall–Kier alpha value is -2.90. The van der Waals surface area contributed by atoms with E-state index in [4.69, 9.17) is 4.74 Å². The number of nitrogens with zero attached hydrogens (tertiary/aromatic N) is 2. The van der Waals surface area contributed by atoms with Crippen LogP contribution in [-0.4, -0.2) is 68.7 Å². The zero-order chi connectivity index (χ0) is 21.5. The van der Waals surface area contributed by atoms with Crippen LogP contribution >= 0.6 is 0 Å². The van der Waals surface area contributed by atoms with E-state index in [9.17, 15) is 9.59 Å². The van der Waals surface area contributed by atoms with E-state index in [1.165, 1.54) is 0 Å². The highest BCUT2D eigenvalue weighted by Crippen LogP contribution is 2.26. The van der Waals surface area contributed by atoms with Crippen molar-refractivity contribution in [1.29, 1.82) is 0 Å². The van der Waals surface area contributed by atoms with E-state index >= 15 is 0 Å². The summed E-state index contributed by atoms with van der Waals surface area (Å²) in [5.41, 5.74) is 2.57. The molecule has 0 aromatic heterocycles. The number of anilines is 2. The maximum atomic E-state index is 12.7. The van der Waals surface area contributed by atoms with Gasteiger partial charge in [-0.15, -0.1) is 0 Å². The van der Waals surface area contributed by atoms with Crippen molar-refractivity contribution in [3.8, 4) is 0 Å². The van der Waals surface area contributed by atoms with Gasteiger partial charge in [0.15, 0.2) is 0 Å². The van der Waals surface area contributed by atoms with E-state index in [2.05, 4.69) is 20.4 Å². The van der Waals surface area contributed by atoms with Crippen molar-refractivity contribution in [2.24, 2.45) is 0 Å². The van der Waals surface area contributed by atoms with Gasteiger partial charge in [0.25, 0.3) is 5.91 Å². The maximum Gasteiger partial charge on any atom is 0.251 e. The second-order valence-electron chi connectivity index (χ2n) is 8.05. The van der Waals surface area contributed by atoms with E-state index in [-0.39, 0.29) is 17.9 Å². The molecule has 2 aliphatic heterocycles. The Morgan fingerprint density at radius 3 is 2.32 bits per heavy atom. The molecule has 2 saturated heterocycles. The summed E-state index contributed by atoms with van der Waals surface area (Å²) in [6.45, 7) is 5.01. The number of hydrogen-bond acceptors (Lipinski definition) is 5. The van der Waals surface area contributed by atoms with Gasteiger partial charge < -0.3 is 20.3 Å². The average molecular weight is 423 g/mol. The fourth-order valence-electron chi connectivity index (χ4n) is 4.15. The minimum absolute atomic E-state index is 0.00696. The number of hydrogen-bond donors (Lipinski definition) is 2. The quantitative estimate of drug-likeness (QED) is 0.748. The van der Waals surface area contributed by atoms with Crippen LogP contribution < -0.4 is 15.5 Å². The van der Waals surface area contributed by atoms with Crippen molar-refractivity contribution in [2.45, 2.75) is 18.9 Å². The lowest BCUT2D eigenvalue weighted by atomic mass is 10.0. The van der Waals surface area contributed by atoms with E-state index in [0.29, 0.717) is 25.3 Å². The Morgan fingerprint density at radius 2 is 1.58 bits per heavy atom. The summed E-state index contributed by atoms with van der Waals surface area (Å²) in [6.07, 6.45) is 1.69. The first kappa shape index (κ1) is 21.3. The first-order chi connectivity index (χ1) is 15.2. The third kappa shape index (κ3) is 5.83. The van der Waals surface area contributed by atoms with Gasteiger partial charge in [-0.3, -0.25) is 14.5 Å². The highest BCUT2D eigenvalue weighted by molar-refractivity contribution is 5.96. The molecule has 2 aromatic carbocycles. The lowest BCUT2D eigenvalue weighted by molar-refractivity contribution is -0.117. The summed E-state index contributed by atoms with van der Waals surface area (Å²) in [5, 5.41) is 6.20. The molecule has 4 rings (SSSR count). The van der Waals surface area contributed by atoms with Crippen LogP contribution in [0.1, 0.15) is 23.2 Å². The zero-order valence-corrected chi connectivity index (χ0v) is 17.8. The second kappa shape index (κ2) is 10.4. The number of likely N-dealkylation sites (tertiary alicyclic amines) is 1. The van der Waals surface area contributed by atoms with Gasteiger partial charge >= 0.3 is 0 Å².